The maximum Gasteiger partial charge on any atom is 0.311 e. The maximum absolute atomic E-state index is 12.5. The third kappa shape index (κ3) is 39.6. The van der Waals surface area contributed by atoms with E-state index in [0.717, 1.165) is 108 Å². The van der Waals surface area contributed by atoms with E-state index < -0.39 is 0 Å². The second-order valence-electron chi connectivity index (χ2n) is 33.3. The zero-order valence-electron chi connectivity index (χ0n) is 73.8. The van der Waals surface area contributed by atoms with Crippen LogP contribution in [0.1, 0.15) is 407 Å². The fourth-order valence-corrected chi connectivity index (χ4v) is 13.6. The van der Waals surface area contributed by atoms with Crippen molar-refractivity contribution in [2.24, 2.45) is 46.8 Å². The van der Waals surface area contributed by atoms with E-state index in [4.69, 9.17) is 18.9 Å². The summed E-state index contributed by atoms with van der Waals surface area (Å²) in [6.07, 6.45) is 20.0. The SMILES string of the molecule is CC.CC.CC.CC.CC(C)CC1c2cc(C(C)C)ccc2-c2ccc(C(C)C)cc21.CC(C)CCCCCCOC(=O)C(C)(CC(C)C)CC(C)C.CC(C)CCCOCCCCC(COCCCC(C)C)OCCCC(C)C.CC(C)c1ccc2c3ccc(C(C)C)cc3n(C(C)C)c2c1. The Bertz CT molecular complexity index is 2710. The first-order valence-electron chi connectivity index (χ1n) is 42.7. The Labute approximate surface area is 635 Å². The molecular formula is C96H171NO5. The van der Waals surface area contributed by atoms with Gasteiger partial charge in [0.25, 0.3) is 0 Å². The largest absolute Gasteiger partial charge is 0.465 e. The zero-order valence-corrected chi connectivity index (χ0v) is 73.8. The Balaban J connectivity index is 0. The molecule has 0 saturated heterocycles. The molecule has 6 nitrogen and oxygen atoms in total. The molecule has 4 aromatic carbocycles. The molecule has 1 heterocycles. The van der Waals surface area contributed by atoms with Gasteiger partial charge in [0.05, 0.1) is 24.7 Å². The molecule has 1 aromatic heterocycles. The van der Waals surface area contributed by atoms with Crippen molar-refractivity contribution in [3.63, 3.8) is 0 Å². The number of carbonyl (C=O) groups excluding carboxylic acids is 1. The lowest BCUT2D eigenvalue weighted by Crippen LogP contribution is -2.33. The minimum absolute atomic E-state index is 0.0112. The first-order valence-corrected chi connectivity index (χ1v) is 42.7. The number of unbranched alkanes of at least 4 members (excludes halogenated alkanes) is 4. The molecule has 1 unspecified atom stereocenters. The number of nitrogens with zero attached hydrogens (tertiary/aromatic N) is 1. The number of hydrogen-bond acceptors (Lipinski definition) is 5. The molecule has 0 aliphatic heterocycles. The third-order valence-electron chi connectivity index (χ3n) is 18.8. The fraction of sp³-hybridized carbons (Fsp3) is 0.740. The number of fused-ring (bicyclic) bond motifs is 6. The minimum Gasteiger partial charge on any atom is -0.465 e. The van der Waals surface area contributed by atoms with Crippen molar-refractivity contribution in [2.45, 2.75) is 379 Å². The van der Waals surface area contributed by atoms with Crippen LogP contribution >= 0.6 is 0 Å². The summed E-state index contributed by atoms with van der Waals surface area (Å²) in [6.45, 7) is 77.3. The Morgan fingerprint density at radius 2 is 0.735 bits per heavy atom. The van der Waals surface area contributed by atoms with Gasteiger partial charge in [-0.05, 0) is 226 Å². The number of hydrogen-bond donors (Lipinski definition) is 0. The molecular weight excluding hydrogens is 1250 g/mol. The second-order valence-corrected chi connectivity index (χ2v) is 33.3. The lowest BCUT2D eigenvalue weighted by atomic mass is 9.76. The van der Waals surface area contributed by atoms with Crippen LogP contribution in [0.15, 0.2) is 72.8 Å². The third-order valence-corrected chi connectivity index (χ3v) is 18.8. The zero-order chi connectivity index (χ0) is 78.2. The molecule has 0 amide bonds. The minimum atomic E-state index is -0.319. The van der Waals surface area contributed by atoms with Gasteiger partial charge in [0.2, 0.25) is 0 Å². The average Bonchev–Trinajstić information content (AvgIpc) is 1.61. The van der Waals surface area contributed by atoms with Crippen LogP contribution in [0.4, 0.5) is 0 Å². The Morgan fingerprint density at radius 3 is 1.13 bits per heavy atom. The van der Waals surface area contributed by atoms with Gasteiger partial charge < -0.3 is 23.5 Å². The smallest absolute Gasteiger partial charge is 0.311 e. The highest BCUT2D eigenvalue weighted by atomic mass is 16.5. The predicted octanol–water partition coefficient (Wildman–Crippen LogP) is 30.9. The first kappa shape index (κ1) is 100. The molecule has 5 aromatic rings. The number of rotatable bonds is 39. The van der Waals surface area contributed by atoms with Crippen molar-refractivity contribution in [3.05, 3.63) is 106 Å². The number of carbonyl (C=O) groups is 1. The van der Waals surface area contributed by atoms with Gasteiger partial charge in [0.15, 0.2) is 0 Å². The topological polar surface area (TPSA) is 58.9 Å². The summed E-state index contributed by atoms with van der Waals surface area (Å²) < 4.78 is 25.9. The molecule has 0 spiro atoms. The predicted molar refractivity (Wildman–Crippen MR) is 458 cm³/mol. The highest BCUT2D eigenvalue weighted by molar-refractivity contribution is 6.08. The summed E-state index contributed by atoms with van der Waals surface area (Å²) in [4.78, 5) is 12.5. The molecule has 590 valence electrons. The Morgan fingerprint density at radius 1 is 0.382 bits per heavy atom. The van der Waals surface area contributed by atoms with Gasteiger partial charge in [-0.1, -0.05) is 294 Å². The molecule has 1 aliphatic carbocycles. The second kappa shape index (κ2) is 57.2. The molecule has 0 saturated carbocycles. The quantitative estimate of drug-likeness (QED) is 0.0290. The maximum atomic E-state index is 12.5. The molecule has 6 heteroatoms. The number of benzene rings is 4. The van der Waals surface area contributed by atoms with Crippen LogP contribution < -0.4 is 0 Å². The van der Waals surface area contributed by atoms with Crippen LogP contribution in [0, 0.1) is 46.8 Å². The van der Waals surface area contributed by atoms with E-state index in [1.54, 1.807) is 11.1 Å². The van der Waals surface area contributed by atoms with Crippen LogP contribution in [-0.2, 0) is 23.7 Å². The van der Waals surface area contributed by atoms with E-state index in [2.05, 4.69) is 250 Å². The highest BCUT2D eigenvalue weighted by Gasteiger charge is 2.36. The Hall–Kier alpha value is -3.97. The van der Waals surface area contributed by atoms with Crippen molar-refractivity contribution >= 4 is 27.8 Å². The lowest BCUT2D eigenvalue weighted by molar-refractivity contribution is -0.157. The van der Waals surface area contributed by atoms with Crippen molar-refractivity contribution in [1.82, 2.24) is 4.57 Å². The standard InChI is InChI=1S/C24H50O3.C23H30.C21H27N.C20H40O2.4C2H6/c1-21(2)12-9-17-25-16-8-7-15-24(27-19-11-14-23(5)6)20-26-18-10-13-22(3)4;1-14(2)11-21-22-12-17(15(3)4)7-9-19(22)20-10-8-18(16(5)6)13-23(20)21;1-13(2)16-7-9-18-19-10-8-17(14(3)4)12-21(19)22(15(5)6)20(18)11-16;1-16(2)12-10-8-9-11-13-22-19(21)20(7,14-17(3)4)15-18(5)6;4*1-2/h21-24H,7-20H2,1-6H3;7-10,12-16,21H,11H2,1-6H3;7-15H,1-6H3;16-18H,8-15H2,1-7H3;4*1-2H3. The summed E-state index contributed by atoms with van der Waals surface area (Å²) in [5.74, 6) is 7.74. The van der Waals surface area contributed by atoms with Crippen LogP contribution in [-0.4, -0.2) is 56.3 Å². The molecule has 0 bridgehead atoms. The van der Waals surface area contributed by atoms with E-state index in [1.807, 2.05) is 55.4 Å². The van der Waals surface area contributed by atoms with Gasteiger partial charge >= 0.3 is 5.97 Å². The highest BCUT2D eigenvalue weighted by Crippen LogP contribution is 2.49. The normalized spacial score (nSPS) is 12.2. The van der Waals surface area contributed by atoms with Gasteiger partial charge in [-0.15, -0.1) is 0 Å². The van der Waals surface area contributed by atoms with Gasteiger partial charge in [-0.2, -0.15) is 0 Å². The first-order chi connectivity index (χ1) is 48.4. The van der Waals surface area contributed by atoms with E-state index >= 15 is 0 Å². The molecule has 102 heavy (non-hydrogen) atoms. The van der Waals surface area contributed by atoms with Gasteiger partial charge in [0.1, 0.15) is 0 Å². The van der Waals surface area contributed by atoms with Crippen molar-refractivity contribution in [1.29, 1.82) is 0 Å². The average molecular weight is 1420 g/mol. The molecule has 6 rings (SSSR count). The van der Waals surface area contributed by atoms with Crippen molar-refractivity contribution in [3.8, 4) is 11.1 Å². The monoisotopic (exact) mass is 1420 g/mol. The summed E-state index contributed by atoms with van der Waals surface area (Å²) in [5.41, 5.74) is 14.2. The van der Waals surface area contributed by atoms with E-state index in [9.17, 15) is 4.79 Å². The lowest BCUT2D eigenvalue weighted by Gasteiger charge is -2.30. The molecule has 1 aliphatic rings. The van der Waals surface area contributed by atoms with Gasteiger partial charge in [-0.3, -0.25) is 4.79 Å². The van der Waals surface area contributed by atoms with Crippen LogP contribution in [0.2, 0.25) is 0 Å². The Kier molecular flexibility index (Phi) is 56.2. The molecule has 1 atom stereocenters. The summed E-state index contributed by atoms with van der Waals surface area (Å²) >= 11 is 0. The summed E-state index contributed by atoms with van der Waals surface area (Å²) in [5, 5.41) is 2.76. The fourth-order valence-electron chi connectivity index (χ4n) is 13.6. The summed E-state index contributed by atoms with van der Waals surface area (Å²) in [7, 11) is 0. The molecule has 0 fully saturated rings. The van der Waals surface area contributed by atoms with Crippen molar-refractivity contribution in [2.75, 3.05) is 39.6 Å². The van der Waals surface area contributed by atoms with Crippen molar-refractivity contribution < 1.29 is 23.7 Å². The number of esters is 1. The van der Waals surface area contributed by atoms with E-state index in [1.165, 1.54) is 113 Å². The van der Waals surface area contributed by atoms with E-state index in [0.29, 0.717) is 60.0 Å². The van der Waals surface area contributed by atoms with Crippen LogP contribution in [0.5, 0.6) is 0 Å². The van der Waals surface area contributed by atoms with Crippen LogP contribution in [0.3, 0.4) is 0 Å². The number of aromatic nitrogens is 1. The van der Waals surface area contributed by atoms with E-state index in [-0.39, 0.29) is 17.5 Å². The molecule has 0 radical (unpaired) electrons. The van der Waals surface area contributed by atoms with Crippen LogP contribution in [0.25, 0.3) is 32.9 Å². The molecule has 0 N–H and O–H groups in total. The van der Waals surface area contributed by atoms with Gasteiger partial charge in [0, 0.05) is 60.2 Å². The summed E-state index contributed by atoms with van der Waals surface area (Å²) in [6, 6.07) is 28.7. The number of ether oxygens (including phenoxy) is 4. The van der Waals surface area contributed by atoms with Gasteiger partial charge in [-0.25, -0.2) is 0 Å².